The van der Waals surface area contributed by atoms with E-state index in [-0.39, 0.29) is 43.5 Å². The van der Waals surface area contributed by atoms with Crippen molar-refractivity contribution < 1.29 is 32.2 Å². The molecule has 4 nitrogen and oxygen atoms in total. The zero-order valence-corrected chi connectivity index (χ0v) is 16.7. The average Bonchev–Trinajstić information content (AvgIpc) is 3.00. The van der Waals surface area contributed by atoms with Gasteiger partial charge in [0.05, 0.1) is 11.2 Å². The van der Waals surface area contributed by atoms with E-state index in [1.807, 2.05) is 30.3 Å². The molecule has 0 radical (unpaired) electrons. The standard InChI is InChI=1S/C23H23F4NO3/c24-20-9-6-16(10-19(20)23(25,26)27)11-22(30)12-17-7-8-18(13-22)28(17)21(29)31-14-15-4-2-1-3-5-15/h1-6,9-10,17-18,30H,7-8,11-14H2. The lowest BCUT2D eigenvalue weighted by molar-refractivity contribution is -0.140. The third-order valence-corrected chi connectivity index (χ3v) is 6.14. The Morgan fingerprint density at radius 3 is 2.32 bits per heavy atom. The zero-order valence-electron chi connectivity index (χ0n) is 16.7. The number of nitrogens with zero attached hydrogens (tertiary/aromatic N) is 1. The summed E-state index contributed by atoms with van der Waals surface area (Å²) in [4.78, 5) is 14.3. The highest BCUT2D eigenvalue weighted by atomic mass is 19.4. The molecule has 2 bridgehead atoms. The van der Waals surface area contributed by atoms with Gasteiger partial charge in [0, 0.05) is 18.5 Å². The van der Waals surface area contributed by atoms with Crippen LogP contribution in [0.15, 0.2) is 48.5 Å². The molecule has 31 heavy (non-hydrogen) atoms. The number of rotatable bonds is 4. The summed E-state index contributed by atoms with van der Waals surface area (Å²) in [5.74, 6) is -1.33. The molecule has 166 valence electrons. The highest BCUT2D eigenvalue weighted by Gasteiger charge is 2.50. The Balaban J connectivity index is 1.43. The molecule has 2 atom stereocenters. The van der Waals surface area contributed by atoms with Crippen LogP contribution in [-0.2, 0) is 23.9 Å². The lowest BCUT2D eigenvalue weighted by Gasteiger charge is -2.43. The molecule has 1 N–H and O–H groups in total. The number of halogens is 4. The summed E-state index contributed by atoms with van der Waals surface area (Å²) in [6, 6.07) is 11.6. The van der Waals surface area contributed by atoms with Crippen molar-refractivity contribution in [1.82, 2.24) is 4.90 Å². The lowest BCUT2D eigenvalue weighted by Crippen LogP contribution is -2.54. The van der Waals surface area contributed by atoms with Gasteiger partial charge in [-0.25, -0.2) is 9.18 Å². The maximum Gasteiger partial charge on any atom is 0.419 e. The van der Waals surface area contributed by atoms with Crippen LogP contribution in [-0.4, -0.2) is 33.8 Å². The molecule has 0 spiro atoms. The minimum Gasteiger partial charge on any atom is -0.445 e. The second-order valence-electron chi connectivity index (χ2n) is 8.45. The van der Waals surface area contributed by atoms with Crippen molar-refractivity contribution in [2.24, 2.45) is 0 Å². The molecule has 8 heteroatoms. The van der Waals surface area contributed by atoms with Gasteiger partial charge >= 0.3 is 12.3 Å². The summed E-state index contributed by atoms with van der Waals surface area (Å²) < 4.78 is 58.0. The number of amides is 1. The van der Waals surface area contributed by atoms with Crippen LogP contribution in [0.1, 0.15) is 42.4 Å². The van der Waals surface area contributed by atoms with Gasteiger partial charge in [-0.2, -0.15) is 13.2 Å². The maximum absolute atomic E-state index is 13.6. The Morgan fingerprint density at radius 2 is 1.71 bits per heavy atom. The number of hydrogen-bond acceptors (Lipinski definition) is 3. The third-order valence-electron chi connectivity index (χ3n) is 6.14. The Bertz CT molecular complexity index is 934. The van der Waals surface area contributed by atoms with Gasteiger partial charge in [0.1, 0.15) is 12.4 Å². The second kappa shape index (κ2) is 8.15. The number of aliphatic hydroxyl groups is 1. The highest BCUT2D eigenvalue weighted by molar-refractivity contribution is 5.69. The predicted molar refractivity (Wildman–Crippen MR) is 105 cm³/mol. The smallest absolute Gasteiger partial charge is 0.419 e. The molecular weight excluding hydrogens is 414 g/mol. The van der Waals surface area contributed by atoms with E-state index in [9.17, 15) is 27.5 Å². The minimum atomic E-state index is -4.80. The van der Waals surface area contributed by atoms with Crippen molar-refractivity contribution in [3.8, 4) is 0 Å². The van der Waals surface area contributed by atoms with Crippen LogP contribution < -0.4 is 0 Å². The number of piperidine rings is 1. The first-order valence-corrected chi connectivity index (χ1v) is 10.2. The molecule has 0 aliphatic carbocycles. The van der Waals surface area contributed by atoms with Crippen molar-refractivity contribution >= 4 is 6.09 Å². The first-order valence-electron chi connectivity index (χ1n) is 10.2. The van der Waals surface area contributed by atoms with Crippen molar-refractivity contribution in [3.63, 3.8) is 0 Å². The number of fused-ring (bicyclic) bond motifs is 2. The van der Waals surface area contributed by atoms with Crippen LogP contribution in [0.5, 0.6) is 0 Å². The maximum atomic E-state index is 13.6. The fourth-order valence-corrected chi connectivity index (χ4v) is 4.84. The number of benzene rings is 2. The molecular formula is C23H23F4NO3. The highest BCUT2D eigenvalue weighted by Crippen LogP contribution is 2.43. The molecule has 2 unspecified atom stereocenters. The summed E-state index contributed by atoms with van der Waals surface area (Å²) in [7, 11) is 0. The first-order chi connectivity index (χ1) is 14.6. The van der Waals surface area contributed by atoms with E-state index in [0.29, 0.717) is 12.8 Å². The van der Waals surface area contributed by atoms with E-state index in [1.165, 1.54) is 6.07 Å². The Kier molecular flexibility index (Phi) is 5.68. The summed E-state index contributed by atoms with van der Waals surface area (Å²) in [5.41, 5.74) is -1.51. The van der Waals surface area contributed by atoms with E-state index >= 15 is 0 Å². The van der Waals surface area contributed by atoms with Crippen LogP contribution in [0.3, 0.4) is 0 Å². The van der Waals surface area contributed by atoms with Gasteiger partial charge in [-0.05, 0) is 48.9 Å². The van der Waals surface area contributed by atoms with Crippen LogP contribution >= 0.6 is 0 Å². The van der Waals surface area contributed by atoms with E-state index in [1.54, 1.807) is 4.90 Å². The van der Waals surface area contributed by atoms with E-state index in [2.05, 4.69) is 0 Å². The van der Waals surface area contributed by atoms with Crippen LogP contribution in [0.25, 0.3) is 0 Å². The first kappa shape index (κ1) is 21.6. The van der Waals surface area contributed by atoms with Gasteiger partial charge in [0.2, 0.25) is 0 Å². The number of carbonyl (C=O) groups excluding carboxylic acids is 1. The van der Waals surface area contributed by atoms with E-state index in [4.69, 9.17) is 4.74 Å². The van der Waals surface area contributed by atoms with Crippen LogP contribution in [0.2, 0.25) is 0 Å². The van der Waals surface area contributed by atoms with Crippen molar-refractivity contribution in [2.45, 2.75) is 62.6 Å². The molecule has 2 aliphatic rings. The Labute approximate surface area is 177 Å². The second-order valence-corrected chi connectivity index (χ2v) is 8.45. The number of alkyl halides is 3. The van der Waals surface area contributed by atoms with Crippen molar-refractivity contribution in [3.05, 3.63) is 71.0 Å². The summed E-state index contributed by atoms with van der Waals surface area (Å²) in [6.07, 6.45) is -3.40. The van der Waals surface area contributed by atoms with Crippen LogP contribution in [0, 0.1) is 5.82 Å². The van der Waals surface area contributed by atoms with Gasteiger partial charge in [-0.1, -0.05) is 36.4 Å². The molecule has 2 saturated heterocycles. The summed E-state index contributed by atoms with van der Waals surface area (Å²) in [5, 5.41) is 11.1. The quantitative estimate of drug-likeness (QED) is 0.679. The van der Waals surface area contributed by atoms with Gasteiger partial charge in [0.15, 0.2) is 0 Å². The fraction of sp³-hybridized carbons (Fsp3) is 0.435. The predicted octanol–water partition coefficient (Wildman–Crippen LogP) is 5.08. The third kappa shape index (κ3) is 4.69. The largest absolute Gasteiger partial charge is 0.445 e. The summed E-state index contributed by atoms with van der Waals surface area (Å²) in [6.45, 7) is 0.148. The Hall–Kier alpha value is -2.61. The van der Waals surface area contributed by atoms with Crippen molar-refractivity contribution in [1.29, 1.82) is 0 Å². The van der Waals surface area contributed by atoms with Gasteiger partial charge in [-0.3, -0.25) is 0 Å². The molecule has 0 saturated carbocycles. The molecule has 2 fully saturated rings. The number of hydrogen-bond donors (Lipinski definition) is 1. The minimum absolute atomic E-state index is 0.0315. The Morgan fingerprint density at radius 1 is 1.06 bits per heavy atom. The molecule has 2 aromatic carbocycles. The number of carbonyl (C=O) groups is 1. The SMILES string of the molecule is O=C(OCc1ccccc1)N1C2CCC1CC(O)(Cc1ccc(F)c(C(F)(F)F)c1)C2. The monoisotopic (exact) mass is 437 g/mol. The van der Waals surface area contributed by atoms with Gasteiger partial charge in [0.25, 0.3) is 0 Å². The molecule has 2 aliphatic heterocycles. The molecule has 2 aromatic rings. The van der Waals surface area contributed by atoms with E-state index < -0.39 is 29.3 Å². The molecule has 4 rings (SSSR count). The number of ether oxygens (including phenoxy) is 1. The molecule has 2 heterocycles. The van der Waals surface area contributed by atoms with Crippen molar-refractivity contribution in [2.75, 3.05) is 0 Å². The van der Waals surface area contributed by atoms with Gasteiger partial charge in [-0.15, -0.1) is 0 Å². The zero-order chi connectivity index (χ0) is 22.2. The fourth-order valence-electron chi connectivity index (χ4n) is 4.84. The van der Waals surface area contributed by atoms with Crippen LogP contribution in [0.4, 0.5) is 22.4 Å². The normalized spacial score (nSPS) is 25.5. The average molecular weight is 437 g/mol. The molecule has 0 aromatic heterocycles. The summed E-state index contributed by atoms with van der Waals surface area (Å²) >= 11 is 0. The topological polar surface area (TPSA) is 49.8 Å². The van der Waals surface area contributed by atoms with Gasteiger partial charge < -0.3 is 14.7 Å². The molecule has 1 amide bonds. The lowest BCUT2D eigenvalue weighted by atomic mass is 9.81. The van der Waals surface area contributed by atoms with E-state index in [0.717, 1.165) is 17.7 Å².